The summed E-state index contributed by atoms with van der Waals surface area (Å²) in [5.74, 6) is 0. The van der Waals surface area contributed by atoms with Crippen molar-refractivity contribution >= 4 is 23.3 Å². The molecule has 1 fully saturated rings. The van der Waals surface area contributed by atoms with E-state index in [1.807, 2.05) is 14.1 Å². The van der Waals surface area contributed by atoms with Crippen molar-refractivity contribution in [2.75, 3.05) is 58.7 Å². The van der Waals surface area contributed by atoms with Crippen LogP contribution in [0.2, 0.25) is 5.02 Å². The molecule has 0 aliphatic carbocycles. The number of amides is 2. The van der Waals surface area contributed by atoms with Crippen LogP contribution in [0.1, 0.15) is 12.0 Å². The molecule has 1 aliphatic rings. The van der Waals surface area contributed by atoms with E-state index in [1.54, 1.807) is 0 Å². The fourth-order valence-corrected chi connectivity index (χ4v) is 3.01. The fourth-order valence-electron chi connectivity index (χ4n) is 2.84. The zero-order valence-corrected chi connectivity index (χ0v) is 15.7. The number of nitrogens with zero attached hydrogens (tertiary/aromatic N) is 3. The monoisotopic (exact) mass is 392 g/mol. The van der Waals surface area contributed by atoms with Gasteiger partial charge in [-0.2, -0.15) is 13.2 Å². The van der Waals surface area contributed by atoms with Crippen molar-refractivity contribution in [2.45, 2.75) is 12.6 Å². The number of hydrogen-bond donors (Lipinski definition) is 1. The third-order valence-electron chi connectivity index (χ3n) is 4.27. The van der Waals surface area contributed by atoms with Crippen molar-refractivity contribution in [1.29, 1.82) is 0 Å². The number of urea groups is 1. The molecule has 26 heavy (non-hydrogen) atoms. The van der Waals surface area contributed by atoms with Gasteiger partial charge >= 0.3 is 12.2 Å². The van der Waals surface area contributed by atoms with E-state index in [4.69, 9.17) is 11.6 Å². The third-order valence-corrected chi connectivity index (χ3v) is 4.50. The highest BCUT2D eigenvalue weighted by Gasteiger charge is 2.34. The lowest BCUT2D eigenvalue weighted by atomic mass is 10.1. The van der Waals surface area contributed by atoms with Crippen molar-refractivity contribution in [3.05, 3.63) is 28.8 Å². The summed E-state index contributed by atoms with van der Waals surface area (Å²) in [5, 5.41) is 2.34. The van der Waals surface area contributed by atoms with Crippen LogP contribution in [-0.2, 0) is 6.18 Å². The van der Waals surface area contributed by atoms with Crippen LogP contribution in [0.5, 0.6) is 0 Å². The van der Waals surface area contributed by atoms with E-state index < -0.39 is 17.8 Å². The highest BCUT2D eigenvalue weighted by Crippen LogP contribution is 2.36. The minimum absolute atomic E-state index is 0.0262. The Morgan fingerprint density at radius 1 is 1.23 bits per heavy atom. The lowest BCUT2D eigenvalue weighted by Crippen LogP contribution is -2.50. The Kier molecular flexibility index (Phi) is 7.14. The van der Waals surface area contributed by atoms with Gasteiger partial charge in [-0.1, -0.05) is 11.6 Å². The lowest BCUT2D eigenvalue weighted by molar-refractivity contribution is -0.136. The van der Waals surface area contributed by atoms with Gasteiger partial charge in [-0.25, -0.2) is 4.79 Å². The van der Waals surface area contributed by atoms with E-state index in [9.17, 15) is 18.0 Å². The maximum Gasteiger partial charge on any atom is 0.418 e. The highest BCUT2D eigenvalue weighted by molar-refractivity contribution is 6.30. The summed E-state index contributed by atoms with van der Waals surface area (Å²) in [6, 6.07) is 2.81. The van der Waals surface area contributed by atoms with E-state index in [-0.39, 0.29) is 10.7 Å². The third kappa shape index (κ3) is 6.03. The largest absolute Gasteiger partial charge is 0.418 e. The Morgan fingerprint density at radius 3 is 2.46 bits per heavy atom. The standard InChI is InChI=1S/C17H24ClF3N4O/c1-23(2)6-3-7-24-8-10-25(11-9-24)16(26)22-15-5-4-13(18)12-14(15)17(19,20)21/h4-5,12H,3,6-11H2,1-2H3,(H,22,26). The molecular weight excluding hydrogens is 369 g/mol. The summed E-state index contributed by atoms with van der Waals surface area (Å²) in [7, 11) is 4.04. The molecule has 0 atom stereocenters. The van der Waals surface area contributed by atoms with Crippen molar-refractivity contribution in [3.8, 4) is 0 Å². The van der Waals surface area contributed by atoms with E-state index in [1.165, 1.54) is 17.0 Å². The van der Waals surface area contributed by atoms with Crippen LogP contribution in [0, 0.1) is 0 Å². The normalized spacial score (nSPS) is 16.2. The first-order valence-corrected chi connectivity index (χ1v) is 8.84. The number of piperazine rings is 1. The van der Waals surface area contributed by atoms with Crippen LogP contribution in [0.15, 0.2) is 18.2 Å². The van der Waals surface area contributed by atoms with Crippen LogP contribution < -0.4 is 5.32 Å². The zero-order valence-electron chi connectivity index (χ0n) is 14.9. The molecule has 0 radical (unpaired) electrons. The lowest BCUT2D eigenvalue weighted by Gasteiger charge is -2.35. The van der Waals surface area contributed by atoms with Crippen molar-refractivity contribution in [2.24, 2.45) is 0 Å². The minimum Gasteiger partial charge on any atom is -0.322 e. The molecule has 1 aromatic carbocycles. The second-order valence-corrected chi connectivity index (χ2v) is 7.04. The Bertz CT molecular complexity index is 617. The molecule has 0 saturated carbocycles. The molecule has 2 amide bonds. The van der Waals surface area contributed by atoms with Gasteiger partial charge in [0.05, 0.1) is 11.3 Å². The molecule has 1 aromatic rings. The highest BCUT2D eigenvalue weighted by atomic mass is 35.5. The Balaban J connectivity index is 1.90. The summed E-state index contributed by atoms with van der Waals surface area (Å²) >= 11 is 5.65. The van der Waals surface area contributed by atoms with Gasteiger partial charge in [-0.15, -0.1) is 0 Å². The smallest absolute Gasteiger partial charge is 0.322 e. The molecular formula is C17H24ClF3N4O. The molecule has 0 spiro atoms. The predicted molar refractivity (Wildman–Crippen MR) is 96.7 cm³/mol. The second-order valence-electron chi connectivity index (χ2n) is 6.60. The molecule has 0 unspecified atom stereocenters. The van der Waals surface area contributed by atoms with Gasteiger partial charge in [0.1, 0.15) is 0 Å². The van der Waals surface area contributed by atoms with E-state index in [0.717, 1.165) is 25.6 Å². The summed E-state index contributed by atoms with van der Waals surface area (Å²) in [4.78, 5) is 18.2. The maximum absolute atomic E-state index is 13.1. The van der Waals surface area contributed by atoms with Crippen molar-refractivity contribution in [1.82, 2.24) is 14.7 Å². The Hall–Kier alpha value is -1.51. The summed E-state index contributed by atoms with van der Waals surface area (Å²) < 4.78 is 39.3. The van der Waals surface area contributed by atoms with E-state index in [2.05, 4.69) is 15.1 Å². The summed E-state index contributed by atoms with van der Waals surface area (Å²) in [6.07, 6.45) is -3.54. The second kappa shape index (κ2) is 8.92. The van der Waals surface area contributed by atoms with Crippen LogP contribution in [0.4, 0.5) is 23.7 Å². The Labute approximate surface area is 156 Å². The molecule has 1 heterocycles. The molecule has 0 bridgehead atoms. The first kappa shape index (κ1) is 20.8. The molecule has 146 valence electrons. The molecule has 1 saturated heterocycles. The molecule has 2 rings (SSSR count). The van der Waals surface area contributed by atoms with Gasteiger partial charge in [0.25, 0.3) is 0 Å². The average Bonchev–Trinajstić information content (AvgIpc) is 2.56. The number of halogens is 4. The van der Waals surface area contributed by atoms with E-state index in [0.29, 0.717) is 26.2 Å². The molecule has 0 aromatic heterocycles. The van der Waals surface area contributed by atoms with Gasteiger partial charge < -0.3 is 15.1 Å². The van der Waals surface area contributed by atoms with Gasteiger partial charge in [0.2, 0.25) is 0 Å². The number of carbonyl (C=O) groups excluding carboxylic acids is 1. The number of nitrogens with one attached hydrogen (secondary N) is 1. The van der Waals surface area contributed by atoms with Crippen LogP contribution in [-0.4, -0.2) is 74.1 Å². The number of anilines is 1. The maximum atomic E-state index is 13.1. The minimum atomic E-state index is -4.58. The van der Waals surface area contributed by atoms with Crippen LogP contribution in [0.25, 0.3) is 0 Å². The Morgan fingerprint density at radius 2 is 1.88 bits per heavy atom. The number of hydrogen-bond acceptors (Lipinski definition) is 3. The summed E-state index contributed by atoms with van der Waals surface area (Å²) in [6.45, 7) is 4.35. The molecule has 1 N–H and O–H groups in total. The topological polar surface area (TPSA) is 38.8 Å². The molecule has 5 nitrogen and oxygen atoms in total. The number of alkyl halides is 3. The first-order chi connectivity index (χ1) is 12.2. The van der Waals surface area contributed by atoms with E-state index >= 15 is 0 Å². The van der Waals surface area contributed by atoms with Crippen molar-refractivity contribution in [3.63, 3.8) is 0 Å². The molecule has 9 heteroatoms. The average molecular weight is 393 g/mol. The predicted octanol–water partition coefficient (Wildman–Crippen LogP) is 3.46. The fraction of sp³-hybridized carbons (Fsp3) is 0.588. The van der Waals surface area contributed by atoms with Crippen molar-refractivity contribution < 1.29 is 18.0 Å². The SMILES string of the molecule is CN(C)CCCN1CCN(C(=O)Nc2ccc(Cl)cc2C(F)(F)F)CC1. The van der Waals surface area contributed by atoms with Gasteiger partial charge in [0, 0.05) is 31.2 Å². The van der Waals surface area contributed by atoms with Gasteiger partial charge in [0.15, 0.2) is 0 Å². The van der Waals surface area contributed by atoms with Gasteiger partial charge in [-0.05, 0) is 51.8 Å². The zero-order chi connectivity index (χ0) is 19.3. The van der Waals surface area contributed by atoms with Gasteiger partial charge in [-0.3, -0.25) is 4.90 Å². The van der Waals surface area contributed by atoms with Crippen LogP contribution >= 0.6 is 11.6 Å². The molecule has 1 aliphatic heterocycles. The van der Waals surface area contributed by atoms with Crippen LogP contribution in [0.3, 0.4) is 0 Å². The number of carbonyl (C=O) groups is 1. The number of benzene rings is 1. The number of rotatable bonds is 5. The summed E-state index contributed by atoms with van der Waals surface area (Å²) in [5.41, 5.74) is -1.22. The first-order valence-electron chi connectivity index (χ1n) is 8.46. The quantitative estimate of drug-likeness (QED) is 0.834.